The van der Waals surface area contributed by atoms with Gasteiger partial charge in [0.1, 0.15) is 17.8 Å². The Morgan fingerprint density at radius 1 is 1.00 bits per heavy atom. The minimum atomic E-state index is -2.11. The summed E-state index contributed by atoms with van der Waals surface area (Å²) in [5, 5.41) is 35.8. The molecule has 3 fully saturated rings. The maximum atomic E-state index is 14.8. The summed E-state index contributed by atoms with van der Waals surface area (Å²) in [6.45, 7) is 8.42. The Bertz CT molecular complexity index is 1350. The number of carbonyl (C=O) groups excluding carboxylic acids is 4. The summed E-state index contributed by atoms with van der Waals surface area (Å²) >= 11 is 0. The summed E-state index contributed by atoms with van der Waals surface area (Å²) in [6, 6.07) is 8.05. The van der Waals surface area contributed by atoms with Gasteiger partial charge in [-0.2, -0.15) is 0 Å². The largest absolute Gasteiger partial charge is 0.455 e. The van der Waals surface area contributed by atoms with Crippen LogP contribution in [-0.2, 0) is 33.3 Å². The molecule has 1 saturated heterocycles. The molecule has 11 nitrogen and oxygen atoms in total. The second kappa shape index (κ2) is 9.97. The third-order valence-corrected chi connectivity index (χ3v) is 10.2. The molecule has 1 aromatic rings. The molecule has 0 radical (unpaired) electrons. The van der Waals surface area contributed by atoms with Crippen LogP contribution in [0, 0.1) is 16.7 Å². The Morgan fingerprint density at radius 2 is 1.64 bits per heavy atom. The lowest BCUT2D eigenvalue weighted by Crippen LogP contribution is -2.81. The number of ether oxygens (including phenoxy) is 4. The van der Waals surface area contributed by atoms with E-state index < -0.39 is 82.2 Å². The number of hydrogen-bond donors (Lipinski definition) is 3. The van der Waals surface area contributed by atoms with Crippen molar-refractivity contribution in [2.75, 3.05) is 6.61 Å². The number of hydrogen-bond acceptors (Lipinski definition) is 11. The molecule has 0 aromatic heterocycles. The van der Waals surface area contributed by atoms with Crippen LogP contribution in [-0.4, -0.2) is 87.3 Å². The SMILES string of the molecule is CC(=O)O[C@@H]1C(=O)[C@]2(C)[C@H](O)C[C@@H]3OC[C@@]3(OC(C)=O)[C@H]2[C@@H](OC(=O)c2ccccc2)[C@]2(O)C[C@@H](O)C(C)=C1C2(C)C. The number of ketones is 1. The zero-order chi connectivity index (χ0) is 31.0. The fourth-order valence-corrected chi connectivity index (χ4v) is 7.91. The molecule has 2 saturated carbocycles. The van der Waals surface area contributed by atoms with E-state index in [2.05, 4.69) is 0 Å². The van der Waals surface area contributed by atoms with Crippen molar-refractivity contribution in [3.8, 4) is 0 Å². The van der Waals surface area contributed by atoms with Crippen molar-refractivity contribution >= 4 is 23.7 Å². The maximum absolute atomic E-state index is 14.8. The first-order valence-corrected chi connectivity index (χ1v) is 14.1. The van der Waals surface area contributed by atoms with Crippen LogP contribution in [0.25, 0.3) is 0 Å². The normalized spacial score (nSPS) is 40.4. The Hall–Kier alpha value is -3.12. The van der Waals surface area contributed by atoms with Crippen LogP contribution in [0.2, 0.25) is 0 Å². The van der Waals surface area contributed by atoms with Gasteiger partial charge < -0.3 is 34.3 Å². The first kappa shape index (κ1) is 30.3. The summed E-state index contributed by atoms with van der Waals surface area (Å²) in [5.41, 5.74) is -6.38. The van der Waals surface area contributed by atoms with Gasteiger partial charge in [0.2, 0.25) is 0 Å². The molecule has 1 heterocycles. The predicted molar refractivity (Wildman–Crippen MR) is 145 cm³/mol. The molecule has 1 aliphatic heterocycles. The molecule has 4 aliphatic rings. The van der Waals surface area contributed by atoms with Crippen molar-refractivity contribution in [2.24, 2.45) is 16.7 Å². The van der Waals surface area contributed by atoms with Crippen molar-refractivity contribution in [3.05, 3.63) is 47.0 Å². The number of benzene rings is 1. The lowest BCUT2D eigenvalue weighted by molar-refractivity contribution is -0.345. The highest BCUT2D eigenvalue weighted by atomic mass is 16.6. The van der Waals surface area contributed by atoms with E-state index in [-0.39, 0.29) is 30.6 Å². The number of aliphatic hydroxyl groups is 3. The van der Waals surface area contributed by atoms with Gasteiger partial charge in [0.05, 0.1) is 35.7 Å². The second-order valence-electron chi connectivity index (χ2n) is 12.8. The number of esters is 3. The Kier molecular flexibility index (Phi) is 7.20. The van der Waals surface area contributed by atoms with Crippen LogP contribution in [0.5, 0.6) is 0 Å². The highest BCUT2D eigenvalue weighted by molar-refractivity contribution is 5.95. The van der Waals surface area contributed by atoms with Gasteiger partial charge in [-0.15, -0.1) is 0 Å². The Labute approximate surface area is 243 Å². The molecule has 2 bridgehead atoms. The average molecular weight is 587 g/mol. The van der Waals surface area contributed by atoms with Crippen LogP contribution in [0.4, 0.5) is 0 Å². The molecule has 3 aliphatic carbocycles. The number of carbonyl (C=O) groups is 4. The highest BCUT2D eigenvalue weighted by Gasteiger charge is 2.78. The maximum Gasteiger partial charge on any atom is 0.338 e. The first-order chi connectivity index (χ1) is 19.5. The molecule has 3 N–H and O–H groups in total. The van der Waals surface area contributed by atoms with E-state index in [1.165, 1.54) is 26.0 Å². The first-order valence-electron chi connectivity index (χ1n) is 14.1. The molecule has 1 aromatic carbocycles. The molecule has 5 rings (SSSR count). The van der Waals surface area contributed by atoms with Gasteiger partial charge in [0.15, 0.2) is 17.5 Å². The molecular weight excluding hydrogens is 548 g/mol. The zero-order valence-electron chi connectivity index (χ0n) is 24.6. The van der Waals surface area contributed by atoms with Crippen molar-refractivity contribution in [3.63, 3.8) is 0 Å². The summed E-state index contributed by atoms with van der Waals surface area (Å²) in [4.78, 5) is 53.4. The summed E-state index contributed by atoms with van der Waals surface area (Å²) in [6.07, 6.45) is -7.27. The summed E-state index contributed by atoms with van der Waals surface area (Å²) in [7, 11) is 0. The van der Waals surface area contributed by atoms with Gasteiger partial charge in [-0.05, 0) is 37.1 Å². The average Bonchev–Trinajstić information content (AvgIpc) is 2.90. The van der Waals surface area contributed by atoms with Gasteiger partial charge in [-0.1, -0.05) is 32.0 Å². The third kappa shape index (κ3) is 4.08. The number of Topliss-reactive ketones (excluding diaryl/α,β-unsaturated/α-hetero) is 1. The van der Waals surface area contributed by atoms with Gasteiger partial charge in [-0.25, -0.2) is 4.79 Å². The topological polar surface area (TPSA) is 166 Å². The smallest absolute Gasteiger partial charge is 0.338 e. The van der Waals surface area contributed by atoms with Crippen molar-refractivity contribution in [1.82, 2.24) is 0 Å². The molecule has 42 heavy (non-hydrogen) atoms. The van der Waals surface area contributed by atoms with Crippen LogP contribution < -0.4 is 0 Å². The second-order valence-corrected chi connectivity index (χ2v) is 12.8. The third-order valence-electron chi connectivity index (χ3n) is 10.2. The van der Waals surface area contributed by atoms with Gasteiger partial charge >= 0.3 is 17.9 Å². The van der Waals surface area contributed by atoms with Crippen molar-refractivity contribution < 1.29 is 53.4 Å². The fourth-order valence-electron chi connectivity index (χ4n) is 7.91. The molecular formula is C31H38O11. The standard InChI is InChI=1S/C31H38O11/c1-15-19(34)13-31(38)26(41-27(37)18-10-8-7-9-11-18)24-29(6,20(35)12-21-30(24,14-39-21)42-17(3)33)25(36)23(40-16(2)32)22(15)28(31,4)5/h7-11,19-21,23-24,26,34-35,38H,12-14H2,1-6H3/t19-,20-,21+,23+,24+,26-,29-,30+,31-/m1/s1. The number of rotatable bonds is 4. The molecule has 0 amide bonds. The Morgan fingerprint density at radius 3 is 2.19 bits per heavy atom. The van der Waals surface area contributed by atoms with E-state index in [0.717, 1.165) is 6.92 Å². The molecule has 9 atom stereocenters. The molecule has 11 heteroatoms. The van der Waals surface area contributed by atoms with Crippen molar-refractivity contribution in [1.29, 1.82) is 0 Å². The minimum absolute atomic E-state index is 0.110. The number of fused-ring (bicyclic) bond motifs is 5. The lowest BCUT2D eigenvalue weighted by atomic mass is 9.44. The van der Waals surface area contributed by atoms with Gasteiger partial charge in [0, 0.05) is 32.1 Å². The number of aliphatic hydroxyl groups excluding tert-OH is 2. The van der Waals surface area contributed by atoms with E-state index in [1.54, 1.807) is 39.0 Å². The van der Waals surface area contributed by atoms with E-state index in [4.69, 9.17) is 18.9 Å². The summed E-state index contributed by atoms with van der Waals surface area (Å²) < 4.78 is 23.5. The van der Waals surface area contributed by atoms with Crippen LogP contribution >= 0.6 is 0 Å². The quantitative estimate of drug-likeness (QED) is 0.267. The van der Waals surface area contributed by atoms with Gasteiger partial charge in [-0.3, -0.25) is 14.4 Å². The molecule has 0 spiro atoms. The predicted octanol–water partition coefficient (Wildman–Crippen LogP) is 1.65. The van der Waals surface area contributed by atoms with Crippen LogP contribution in [0.15, 0.2) is 41.5 Å². The van der Waals surface area contributed by atoms with E-state index in [0.29, 0.717) is 5.57 Å². The van der Waals surface area contributed by atoms with E-state index in [1.807, 2.05) is 0 Å². The Balaban J connectivity index is 1.84. The monoisotopic (exact) mass is 586 g/mol. The van der Waals surface area contributed by atoms with E-state index in [9.17, 15) is 34.5 Å². The molecule has 228 valence electrons. The fraction of sp³-hybridized carbons (Fsp3) is 0.613. The lowest BCUT2D eigenvalue weighted by Gasteiger charge is -2.67. The minimum Gasteiger partial charge on any atom is -0.455 e. The summed E-state index contributed by atoms with van der Waals surface area (Å²) in [5.74, 6) is -4.41. The van der Waals surface area contributed by atoms with Gasteiger partial charge in [0.25, 0.3) is 0 Å². The zero-order valence-corrected chi connectivity index (χ0v) is 24.6. The molecule has 0 unspecified atom stereocenters. The van der Waals surface area contributed by atoms with Crippen molar-refractivity contribution in [2.45, 2.75) is 96.1 Å². The van der Waals surface area contributed by atoms with Crippen LogP contribution in [0.1, 0.15) is 64.7 Å². The highest BCUT2D eigenvalue weighted by Crippen LogP contribution is 2.64. The van der Waals surface area contributed by atoms with E-state index >= 15 is 0 Å². The van der Waals surface area contributed by atoms with Crippen LogP contribution in [0.3, 0.4) is 0 Å².